The minimum Gasteiger partial charge on any atom is -0.310 e. The summed E-state index contributed by atoms with van der Waals surface area (Å²) in [4.78, 5) is 23.2. The van der Waals surface area contributed by atoms with Gasteiger partial charge in [-0.1, -0.05) is 28.5 Å². The standard InChI is InChI=1S/C13H26N2O2S2/c1-7-11(17)10(14-5)8-18-19-13(3,4)12(15-6)9(2)16/h10,12,14-15H,7-8H2,1-6H3/t10-,12+/m0/s1. The van der Waals surface area contributed by atoms with Gasteiger partial charge in [0.2, 0.25) is 0 Å². The first-order valence-corrected chi connectivity index (χ1v) is 8.80. The Balaban J connectivity index is 4.38. The molecule has 0 fully saturated rings. The highest BCUT2D eigenvalue weighted by Crippen LogP contribution is 2.38. The molecule has 0 aromatic carbocycles. The van der Waals surface area contributed by atoms with Gasteiger partial charge >= 0.3 is 0 Å². The molecule has 0 saturated heterocycles. The van der Waals surface area contributed by atoms with Gasteiger partial charge in [-0.2, -0.15) is 0 Å². The van der Waals surface area contributed by atoms with Crippen molar-refractivity contribution in [2.24, 2.45) is 0 Å². The number of Topliss-reactive ketones (excluding diaryl/α,β-unsaturated/α-hetero) is 2. The maximum Gasteiger partial charge on any atom is 0.150 e. The van der Waals surface area contributed by atoms with Gasteiger partial charge in [0.1, 0.15) is 11.6 Å². The lowest BCUT2D eigenvalue weighted by Crippen LogP contribution is -2.47. The van der Waals surface area contributed by atoms with Crippen molar-refractivity contribution >= 4 is 33.2 Å². The van der Waals surface area contributed by atoms with Gasteiger partial charge in [-0.15, -0.1) is 0 Å². The summed E-state index contributed by atoms with van der Waals surface area (Å²) in [5.74, 6) is 1.08. The first-order valence-electron chi connectivity index (χ1n) is 6.48. The number of rotatable bonds is 10. The average Bonchev–Trinajstić information content (AvgIpc) is 2.33. The zero-order valence-electron chi connectivity index (χ0n) is 12.7. The Hall–Kier alpha value is -0.0400. The molecule has 0 spiro atoms. The van der Waals surface area contributed by atoms with Gasteiger partial charge in [0.15, 0.2) is 0 Å². The summed E-state index contributed by atoms with van der Waals surface area (Å²) in [5, 5.41) is 6.10. The highest BCUT2D eigenvalue weighted by molar-refractivity contribution is 8.77. The van der Waals surface area contributed by atoms with Crippen LogP contribution in [0, 0.1) is 0 Å². The fourth-order valence-corrected chi connectivity index (χ4v) is 4.98. The molecule has 2 N–H and O–H groups in total. The maximum atomic E-state index is 11.6. The van der Waals surface area contributed by atoms with Crippen LogP contribution in [0.2, 0.25) is 0 Å². The average molecular weight is 306 g/mol. The van der Waals surface area contributed by atoms with E-state index in [0.717, 1.165) is 0 Å². The summed E-state index contributed by atoms with van der Waals surface area (Å²) < 4.78 is -0.210. The summed E-state index contributed by atoms with van der Waals surface area (Å²) >= 11 is 0. The predicted molar refractivity (Wildman–Crippen MR) is 85.8 cm³/mol. The highest BCUT2D eigenvalue weighted by Gasteiger charge is 2.33. The number of hydrogen-bond acceptors (Lipinski definition) is 6. The molecule has 2 atom stereocenters. The molecule has 0 aromatic heterocycles. The van der Waals surface area contributed by atoms with E-state index in [1.807, 2.05) is 20.8 Å². The summed E-state index contributed by atoms with van der Waals surface area (Å²) in [6.45, 7) is 7.57. The Bertz CT molecular complexity index is 309. The number of ketones is 2. The summed E-state index contributed by atoms with van der Waals surface area (Å²) in [6.07, 6.45) is 0.548. The van der Waals surface area contributed by atoms with E-state index in [4.69, 9.17) is 0 Å². The van der Waals surface area contributed by atoms with Crippen LogP contribution < -0.4 is 10.6 Å². The Morgan fingerprint density at radius 2 is 1.79 bits per heavy atom. The second kappa shape index (κ2) is 9.00. The van der Waals surface area contributed by atoms with Gasteiger partial charge in [0.05, 0.1) is 12.1 Å². The summed E-state index contributed by atoms with van der Waals surface area (Å²) in [5.41, 5.74) is 0. The van der Waals surface area contributed by atoms with Gasteiger partial charge < -0.3 is 10.6 Å². The van der Waals surface area contributed by atoms with Crippen molar-refractivity contribution in [1.82, 2.24) is 10.6 Å². The fourth-order valence-electron chi connectivity index (χ4n) is 1.93. The smallest absolute Gasteiger partial charge is 0.150 e. The normalized spacial score (nSPS) is 15.1. The van der Waals surface area contributed by atoms with Crippen LogP contribution in [0.4, 0.5) is 0 Å². The molecular weight excluding hydrogens is 280 g/mol. The molecule has 0 radical (unpaired) electrons. The zero-order chi connectivity index (χ0) is 15.1. The van der Waals surface area contributed by atoms with Gasteiger partial charge in [-0.3, -0.25) is 9.59 Å². The lowest BCUT2D eigenvalue weighted by atomic mass is 10.0. The minimum absolute atomic E-state index is 0.108. The SMILES string of the molecule is CCC(=O)[C@H](CSSC(C)(C)[C@H](NC)C(C)=O)NC. The van der Waals surface area contributed by atoms with Crippen molar-refractivity contribution in [1.29, 1.82) is 0 Å². The first kappa shape index (κ1) is 19.0. The molecule has 6 heteroatoms. The fraction of sp³-hybridized carbons (Fsp3) is 0.846. The van der Waals surface area contributed by atoms with Crippen LogP contribution in [0.3, 0.4) is 0 Å². The molecule has 0 amide bonds. The van der Waals surface area contributed by atoms with Crippen LogP contribution in [-0.2, 0) is 9.59 Å². The van der Waals surface area contributed by atoms with E-state index < -0.39 is 0 Å². The maximum absolute atomic E-state index is 11.6. The third kappa shape index (κ3) is 6.29. The van der Waals surface area contributed by atoms with E-state index in [0.29, 0.717) is 12.2 Å². The first-order chi connectivity index (χ1) is 8.80. The third-order valence-corrected chi connectivity index (χ3v) is 6.29. The molecule has 0 aliphatic heterocycles. The number of hydrogen-bond donors (Lipinski definition) is 2. The molecule has 0 heterocycles. The molecular formula is C13H26N2O2S2. The largest absolute Gasteiger partial charge is 0.310 e. The topological polar surface area (TPSA) is 58.2 Å². The molecule has 4 nitrogen and oxygen atoms in total. The van der Waals surface area contributed by atoms with E-state index in [-0.39, 0.29) is 28.4 Å². The van der Waals surface area contributed by atoms with Crippen LogP contribution in [0.25, 0.3) is 0 Å². The van der Waals surface area contributed by atoms with E-state index in [2.05, 4.69) is 10.6 Å². The van der Waals surface area contributed by atoms with Gasteiger partial charge in [0.25, 0.3) is 0 Å². The predicted octanol–water partition coefficient (Wildman–Crippen LogP) is 1.89. The minimum atomic E-state index is -0.210. The summed E-state index contributed by atoms with van der Waals surface area (Å²) in [6, 6.07) is -0.288. The van der Waals surface area contributed by atoms with E-state index in [1.54, 1.807) is 42.6 Å². The van der Waals surface area contributed by atoms with Crippen molar-refractivity contribution in [3.63, 3.8) is 0 Å². The van der Waals surface area contributed by atoms with Crippen LogP contribution >= 0.6 is 21.6 Å². The third-order valence-electron chi connectivity index (χ3n) is 2.98. The van der Waals surface area contributed by atoms with Crippen molar-refractivity contribution in [2.75, 3.05) is 19.8 Å². The van der Waals surface area contributed by atoms with E-state index in [9.17, 15) is 9.59 Å². The monoisotopic (exact) mass is 306 g/mol. The molecule has 0 rings (SSSR count). The van der Waals surface area contributed by atoms with E-state index >= 15 is 0 Å². The molecule has 19 heavy (non-hydrogen) atoms. The molecule has 112 valence electrons. The molecule has 0 bridgehead atoms. The van der Waals surface area contributed by atoms with Crippen LogP contribution in [0.15, 0.2) is 0 Å². The zero-order valence-corrected chi connectivity index (χ0v) is 14.3. The highest BCUT2D eigenvalue weighted by atomic mass is 33.1. The van der Waals surface area contributed by atoms with E-state index in [1.165, 1.54) is 0 Å². The molecule has 0 aliphatic carbocycles. The second-order valence-corrected chi connectivity index (χ2v) is 7.96. The number of likely N-dealkylation sites (N-methyl/N-ethyl adjacent to an activating group) is 2. The summed E-state index contributed by atoms with van der Waals surface area (Å²) in [7, 11) is 6.90. The molecule has 0 aromatic rings. The van der Waals surface area contributed by atoms with Crippen molar-refractivity contribution in [2.45, 2.75) is 50.9 Å². The Morgan fingerprint density at radius 3 is 2.16 bits per heavy atom. The van der Waals surface area contributed by atoms with Crippen molar-refractivity contribution in [3.05, 3.63) is 0 Å². The van der Waals surface area contributed by atoms with Crippen LogP contribution in [0.1, 0.15) is 34.1 Å². The molecule has 0 saturated carbocycles. The number of carbonyl (C=O) groups is 2. The van der Waals surface area contributed by atoms with Gasteiger partial charge in [-0.25, -0.2) is 0 Å². The Labute approximate surface area is 124 Å². The Morgan fingerprint density at radius 1 is 1.21 bits per heavy atom. The van der Waals surface area contributed by atoms with Crippen molar-refractivity contribution in [3.8, 4) is 0 Å². The number of carbonyl (C=O) groups excluding carboxylic acids is 2. The van der Waals surface area contributed by atoms with Gasteiger partial charge in [0, 0.05) is 16.9 Å². The lowest BCUT2D eigenvalue weighted by Gasteiger charge is -2.31. The second-order valence-electron chi connectivity index (χ2n) is 4.96. The van der Waals surface area contributed by atoms with Crippen LogP contribution in [0.5, 0.6) is 0 Å². The molecule has 0 unspecified atom stereocenters. The Kier molecular flexibility index (Phi) is 8.98. The number of nitrogens with one attached hydrogen (secondary N) is 2. The van der Waals surface area contributed by atoms with Crippen LogP contribution in [-0.4, -0.2) is 48.2 Å². The lowest BCUT2D eigenvalue weighted by molar-refractivity contribution is -0.120. The van der Waals surface area contributed by atoms with Gasteiger partial charge in [-0.05, 0) is 34.9 Å². The molecule has 0 aliphatic rings. The quantitative estimate of drug-likeness (QED) is 0.601. The van der Waals surface area contributed by atoms with Crippen molar-refractivity contribution < 1.29 is 9.59 Å².